The first-order valence-corrected chi connectivity index (χ1v) is 6.66. The van der Waals surface area contributed by atoms with Gasteiger partial charge in [0.05, 0.1) is 22.7 Å². The smallest absolute Gasteiger partial charge is 0.158 e. The summed E-state index contributed by atoms with van der Waals surface area (Å²) in [5.41, 5.74) is -0.849. The number of carbonyl (C=O) groups is 1. The second-order valence-corrected chi connectivity index (χ2v) is 6.95. The molecule has 2 heterocycles. The monoisotopic (exact) mass is 239 g/mol. The molecule has 2 aliphatic rings. The van der Waals surface area contributed by atoms with Crippen molar-refractivity contribution in [1.82, 2.24) is 5.32 Å². The minimum absolute atomic E-state index is 0.00750. The Kier molecular flexibility index (Phi) is 2.91. The van der Waals surface area contributed by atoms with Gasteiger partial charge < -0.3 is 10.1 Å². The molecule has 0 aromatic carbocycles. The average Bonchev–Trinajstić information content (AvgIpc) is 2.67. The third kappa shape index (κ3) is 2.27. The van der Waals surface area contributed by atoms with Crippen LogP contribution in [0.4, 0.5) is 0 Å². The van der Waals surface area contributed by atoms with Crippen LogP contribution < -0.4 is 5.32 Å². The van der Waals surface area contributed by atoms with E-state index >= 15 is 0 Å². The zero-order valence-electron chi connectivity index (χ0n) is 11.7. The molecule has 0 bridgehead atoms. The first kappa shape index (κ1) is 13.0. The third-order valence-corrected chi connectivity index (χ3v) is 4.30. The maximum atomic E-state index is 12.7. The minimum atomic E-state index is -0.339. The predicted molar refractivity (Wildman–Crippen MR) is 68.0 cm³/mol. The van der Waals surface area contributed by atoms with Gasteiger partial charge in [0.15, 0.2) is 5.78 Å². The summed E-state index contributed by atoms with van der Waals surface area (Å²) in [6.07, 6.45) is 2.88. The van der Waals surface area contributed by atoms with E-state index in [4.69, 9.17) is 4.74 Å². The fourth-order valence-corrected chi connectivity index (χ4v) is 3.46. The Hall–Kier alpha value is -0.410. The standard InChI is InChI=1S/C14H25NO2/c1-12(2)9-10(13(3,4)17-12)11(16)14(5)7-6-8-15-14/h10,15H,6-9H2,1-5H3. The zero-order valence-corrected chi connectivity index (χ0v) is 11.7. The molecular weight excluding hydrogens is 214 g/mol. The number of carbonyl (C=O) groups excluding carboxylic acids is 1. The number of rotatable bonds is 2. The predicted octanol–water partition coefficient (Wildman–Crippen LogP) is 2.29. The van der Waals surface area contributed by atoms with Crippen molar-refractivity contribution >= 4 is 5.78 Å². The van der Waals surface area contributed by atoms with Gasteiger partial charge in [0.25, 0.3) is 0 Å². The molecule has 2 atom stereocenters. The Morgan fingerprint density at radius 2 is 1.88 bits per heavy atom. The van der Waals surface area contributed by atoms with E-state index in [1.54, 1.807) is 0 Å². The molecule has 0 aliphatic carbocycles. The van der Waals surface area contributed by atoms with Gasteiger partial charge in [-0.1, -0.05) is 0 Å². The summed E-state index contributed by atoms with van der Waals surface area (Å²) in [5, 5.41) is 3.37. The molecule has 3 heteroatoms. The van der Waals surface area contributed by atoms with Crippen LogP contribution in [0.25, 0.3) is 0 Å². The number of hydrogen-bond acceptors (Lipinski definition) is 3. The van der Waals surface area contributed by atoms with Crippen molar-refractivity contribution in [2.45, 2.75) is 70.6 Å². The lowest BCUT2D eigenvalue weighted by Crippen LogP contribution is -2.51. The molecule has 0 saturated carbocycles. The van der Waals surface area contributed by atoms with Gasteiger partial charge in [-0.05, 0) is 60.4 Å². The summed E-state index contributed by atoms with van der Waals surface area (Å²) in [4.78, 5) is 12.7. The average molecular weight is 239 g/mol. The van der Waals surface area contributed by atoms with Crippen molar-refractivity contribution in [2.75, 3.05) is 6.54 Å². The van der Waals surface area contributed by atoms with Crippen LogP contribution in [0.15, 0.2) is 0 Å². The van der Waals surface area contributed by atoms with Crippen molar-refractivity contribution in [3.63, 3.8) is 0 Å². The van der Waals surface area contributed by atoms with Crippen LogP contribution in [0, 0.1) is 5.92 Å². The quantitative estimate of drug-likeness (QED) is 0.803. The highest BCUT2D eigenvalue weighted by Crippen LogP contribution is 2.44. The van der Waals surface area contributed by atoms with Crippen molar-refractivity contribution in [3.05, 3.63) is 0 Å². The number of Topliss-reactive ketones (excluding diaryl/α,β-unsaturated/α-hetero) is 1. The molecule has 2 fully saturated rings. The van der Waals surface area contributed by atoms with Crippen molar-refractivity contribution in [3.8, 4) is 0 Å². The number of ketones is 1. The fourth-order valence-electron chi connectivity index (χ4n) is 3.46. The van der Waals surface area contributed by atoms with Crippen LogP contribution >= 0.6 is 0 Å². The zero-order chi connectivity index (χ0) is 12.9. The number of hydrogen-bond donors (Lipinski definition) is 1. The summed E-state index contributed by atoms with van der Waals surface area (Å²) in [6, 6.07) is 0. The van der Waals surface area contributed by atoms with Gasteiger partial charge in [-0.15, -0.1) is 0 Å². The Balaban J connectivity index is 2.20. The summed E-state index contributed by atoms with van der Waals surface area (Å²) in [7, 11) is 0. The molecule has 2 rings (SSSR count). The van der Waals surface area contributed by atoms with Crippen LogP contribution in [0.3, 0.4) is 0 Å². The Bertz CT molecular complexity index is 327. The van der Waals surface area contributed by atoms with Gasteiger partial charge in [0, 0.05) is 0 Å². The van der Waals surface area contributed by atoms with E-state index in [1.807, 2.05) is 20.8 Å². The van der Waals surface area contributed by atoms with E-state index in [1.165, 1.54) is 0 Å². The van der Waals surface area contributed by atoms with Crippen LogP contribution in [-0.4, -0.2) is 29.1 Å². The van der Waals surface area contributed by atoms with Crippen LogP contribution in [0.5, 0.6) is 0 Å². The van der Waals surface area contributed by atoms with Crippen LogP contribution in [0.2, 0.25) is 0 Å². The maximum absolute atomic E-state index is 12.7. The third-order valence-electron chi connectivity index (χ3n) is 4.30. The second-order valence-electron chi connectivity index (χ2n) is 6.95. The first-order valence-electron chi connectivity index (χ1n) is 6.66. The van der Waals surface area contributed by atoms with Crippen molar-refractivity contribution < 1.29 is 9.53 Å². The summed E-state index contributed by atoms with van der Waals surface area (Å²) in [6.45, 7) is 11.2. The van der Waals surface area contributed by atoms with E-state index in [0.29, 0.717) is 5.78 Å². The molecule has 2 aliphatic heterocycles. The van der Waals surface area contributed by atoms with Crippen molar-refractivity contribution in [2.24, 2.45) is 5.92 Å². The molecule has 17 heavy (non-hydrogen) atoms. The van der Waals surface area contributed by atoms with Crippen molar-refractivity contribution in [1.29, 1.82) is 0 Å². The SMILES string of the molecule is CC1(C)CC(C(=O)C2(C)CCCN2)C(C)(C)O1. The Labute approximate surface area is 104 Å². The first-order chi connectivity index (χ1) is 7.66. The Morgan fingerprint density at radius 3 is 2.29 bits per heavy atom. The normalized spacial score (nSPS) is 39.5. The second kappa shape index (κ2) is 3.79. The number of nitrogens with one attached hydrogen (secondary N) is 1. The summed E-state index contributed by atoms with van der Waals surface area (Å²) < 4.78 is 6.03. The molecule has 0 aromatic rings. The van der Waals surface area contributed by atoms with E-state index in [2.05, 4.69) is 19.2 Å². The topological polar surface area (TPSA) is 38.3 Å². The highest BCUT2D eigenvalue weighted by molar-refractivity contribution is 5.91. The molecule has 0 amide bonds. The maximum Gasteiger partial charge on any atom is 0.158 e. The number of ether oxygens (including phenoxy) is 1. The van der Waals surface area contributed by atoms with Gasteiger partial charge >= 0.3 is 0 Å². The molecule has 2 saturated heterocycles. The summed E-state index contributed by atoms with van der Waals surface area (Å²) in [5.74, 6) is 0.346. The van der Waals surface area contributed by atoms with Crippen LogP contribution in [0.1, 0.15) is 53.9 Å². The molecule has 3 nitrogen and oxygen atoms in total. The molecule has 2 unspecified atom stereocenters. The van der Waals surface area contributed by atoms with Gasteiger partial charge in [-0.3, -0.25) is 4.79 Å². The van der Waals surface area contributed by atoms with Gasteiger partial charge in [-0.25, -0.2) is 0 Å². The van der Waals surface area contributed by atoms with E-state index < -0.39 is 0 Å². The molecule has 1 N–H and O–H groups in total. The molecule has 0 spiro atoms. The highest BCUT2D eigenvalue weighted by atomic mass is 16.5. The van der Waals surface area contributed by atoms with Gasteiger partial charge in [0.2, 0.25) is 0 Å². The lowest BCUT2D eigenvalue weighted by atomic mass is 9.76. The molecule has 98 valence electrons. The highest BCUT2D eigenvalue weighted by Gasteiger charge is 2.53. The van der Waals surface area contributed by atoms with E-state index in [-0.39, 0.29) is 22.7 Å². The molecular formula is C14H25NO2. The van der Waals surface area contributed by atoms with Gasteiger partial charge in [-0.2, -0.15) is 0 Å². The van der Waals surface area contributed by atoms with Gasteiger partial charge in [0.1, 0.15) is 0 Å². The van der Waals surface area contributed by atoms with E-state index in [9.17, 15) is 4.79 Å². The molecule has 0 aromatic heterocycles. The lowest BCUT2D eigenvalue weighted by molar-refractivity contribution is -0.134. The minimum Gasteiger partial charge on any atom is -0.369 e. The Morgan fingerprint density at radius 1 is 1.24 bits per heavy atom. The lowest BCUT2D eigenvalue weighted by Gasteiger charge is -2.32. The molecule has 0 radical (unpaired) electrons. The fraction of sp³-hybridized carbons (Fsp3) is 0.929. The largest absolute Gasteiger partial charge is 0.369 e. The van der Waals surface area contributed by atoms with Crippen LogP contribution in [-0.2, 0) is 9.53 Å². The van der Waals surface area contributed by atoms with E-state index in [0.717, 1.165) is 25.8 Å². The summed E-state index contributed by atoms with van der Waals surface area (Å²) >= 11 is 0.